The second kappa shape index (κ2) is 10.9. The van der Waals surface area contributed by atoms with Crippen LogP contribution in [0.25, 0.3) is 5.57 Å². The molecule has 1 aromatic carbocycles. The van der Waals surface area contributed by atoms with Crippen LogP contribution in [-0.2, 0) is 0 Å². The number of nitrogens with zero attached hydrogens (tertiary/aromatic N) is 3. The minimum absolute atomic E-state index is 0.612. The zero-order chi connectivity index (χ0) is 23.5. The SMILES string of the molecule is COc1cc2c(cc1OCCCN1CCCC1)N(C1CCN(C(C)C)CC1)CC1=C2CCCC1. The monoisotopic (exact) mass is 467 g/mol. The predicted molar refractivity (Wildman–Crippen MR) is 141 cm³/mol. The van der Waals surface area contributed by atoms with E-state index in [-0.39, 0.29) is 0 Å². The van der Waals surface area contributed by atoms with Gasteiger partial charge >= 0.3 is 0 Å². The van der Waals surface area contributed by atoms with Gasteiger partial charge in [0.1, 0.15) is 0 Å². The Balaban J connectivity index is 1.37. The fraction of sp³-hybridized carbons (Fsp3) is 0.724. The van der Waals surface area contributed by atoms with Crippen molar-refractivity contribution in [3.63, 3.8) is 0 Å². The van der Waals surface area contributed by atoms with Crippen LogP contribution < -0.4 is 14.4 Å². The summed E-state index contributed by atoms with van der Waals surface area (Å²) in [6, 6.07) is 5.87. The molecule has 188 valence electrons. The first-order chi connectivity index (χ1) is 16.6. The molecule has 5 rings (SSSR count). The van der Waals surface area contributed by atoms with Gasteiger partial charge in [-0.25, -0.2) is 0 Å². The Hall–Kier alpha value is -1.72. The van der Waals surface area contributed by atoms with Gasteiger partial charge in [-0.15, -0.1) is 0 Å². The summed E-state index contributed by atoms with van der Waals surface area (Å²) in [5.41, 5.74) is 6.06. The Morgan fingerprint density at radius 1 is 0.941 bits per heavy atom. The van der Waals surface area contributed by atoms with Crippen LogP contribution in [-0.4, -0.2) is 74.9 Å². The lowest BCUT2D eigenvalue weighted by Crippen LogP contribution is -2.48. The van der Waals surface area contributed by atoms with Crippen molar-refractivity contribution in [1.82, 2.24) is 9.80 Å². The van der Waals surface area contributed by atoms with Gasteiger partial charge in [0.2, 0.25) is 0 Å². The summed E-state index contributed by atoms with van der Waals surface area (Å²) < 4.78 is 12.2. The first-order valence-electron chi connectivity index (χ1n) is 13.9. The van der Waals surface area contributed by atoms with Gasteiger partial charge < -0.3 is 24.2 Å². The maximum absolute atomic E-state index is 6.37. The van der Waals surface area contributed by atoms with Crippen LogP contribution in [0.4, 0.5) is 5.69 Å². The number of likely N-dealkylation sites (tertiary alicyclic amines) is 2. The van der Waals surface area contributed by atoms with Crippen LogP contribution in [0.3, 0.4) is 0 Å². The third-order valence-electron chi connectivity index (χ3n) is 8.60. The quantitative estimate of drug-likeness (QED) is 0.466. The fourth-order valence-electron chi connectivity index (χ4n) is 6.58. The van der Waals surface area contributed by atoms with Crippen molar-refractivity contribution in [2.75, 3.05) is 57.9 Å². The van der Waals surface area contributed by atoms with Crippen LogP contribution in [0.2, 0.25) is 0 Å². The number of hydrogen-bond donors (Lipinski definition) is 0. The molecule has 1 aliphatic carbocycles. The van der Waals surface area contributed by atoms with Crippen LogP contribution in [0.1, 0.15) is 77.2 Å². The van der Waals surface area contributed by atoms with Crippen molar-refractivity contribution >= 4 is 11.3 Å². The number of rotatable bonds is 8. The van der Waals surface area contributed by atoms with Crippen molar-refractivity contribution in [2.45, 2.75) is 83.7 Å². The highest BCUT2D eigenvalue weighted by Gasteiger charge is 2.33. The highest BCUT2D eigenvalue weighted by molar-refractivity contribution is 5.85. The van der Waals surface area contributed by atoms with Crippen molar-refractivity contribution in [3.8, 4) is 11.5 Å². The van der Waals surface area contributed by atoms with E-state index in [1.807, 2.05) is 0 Å². The molecular weight excluding hydrogens is 422 g/mol. The van der Waals surface area contributed by atoms with Gasteiger partial charge in [-0.2, -0.15) is 0 Å². The van der Waals surface area contributed by atoms with E-state index in [9.17, 15) is 0 Å². The molecule has 0 unspecified atom stereocenters. The average molecular weight is 468 g/mol. The molecule has 2 fully saturated rings. The fourth-order valence-corrected chi connectivity index (χ4v) is 6.58. The standard InChI is InChI=1S/C29H45N3O2/c1-22(2)31-16-11-24(12-17-31)32-21-23-9-4-5-10-25(23)26-19-28(33-3)29(20-27(26)32)34-18-8-15-30-13-6-7-14-30/h19-20,22,24H,4-18,21H2,1-3H3. The number of methoxy groups -OCH3 is 1. The molecule has 34 heavy (non-hydrogen) atoms. The van der Waals surface area contributed by atoms with Crippen molar-refractivity contribution in [3.05, 3.63) is 23.3 Å². The lowest BCUT2D eigenvalue weighted by molar-refractivity contribution is 0.170. The summed E-state index contributed by atoms with van der Waals surface area (Å²) in [5, 5.41) is 0. The van der Waals surface area contributed by atoms with E-state index >= 15 is 0 Å². The number of benzene rings is 1. The molecule has 4 aliphatic rings. The number of piperidine rings is 1. The van der Waals surface area contributed by atoms with E-state index in [4.69, 9.17) is 9.47 Å². The Morgan fingerprint density at radius 2 is 1.71 bits per heavy atom. The van der Waals surface area contributed by atoms with Gasteiger partial charge in [0.15, 0.2) is 11.5 Å². The Kier molecular flexibility index (Phi) is 7.70. The number of allylic oxidation sites excluding steroid dienone is 1. The van der Waals surface area contributed by atoms with Gasteiger partial charge in [-0.05, 0) is 102 Å². The third kappa shape index (κ3) is 5.11. The van der Waals surface area contributed by atoms with E-state index in [0.717, 1.165) is 37.6 Å². The molecule has 0 atom stereocenters. The molecule has 0 aromatic heterocycles. The molecule has 0 radical (unpaired) electrons. The maximum atomic E-state index is 6.37. The molecule has 3 heterocycles. The second-order valence-electron chi connectivity index (χ2n) is 11.0. The Morgan fingerprint density at radius 3 is 2.44 bits per heavy atom. The van der Waals surface area contributed by atoms with Crippen LogP contribution in [0.5, 0.6) is 11.5 Å². The molecule has 1 aromatic rings. The summed E-state index contributed by atoms with van der Waals surface area (Å²) >= 11 is 0. The molecule has 0 N–H and O–H groups in total. The highest BCUT2D eigenvalue weighted by Crippen LogP contribution is 2.47. The Labute approximate surface area is 207 Å². The largest absolute Gasteiger partial charge is 0.493 e. The molecule has 5 nitrogen and oxygen atoms in total. The van der Waals surface area contributed by atoms with E-state index in [1.54, 1.807) is 18.3 Å². The molecule has 0 amide bonds. The normalized spacial score (nSPS) is 22.3. The minimum atomic E-state index is 0.612. The summed E-state index contributed by atoms with van der Waals surface area (Å²) in [6.45, 7) is 12.6. The molecule has 0 bridgehead atoms. The zero-order valence-corrected chi connectivity index (χ0v) is 21.8. The summed E-state index contributed by atoms with van der Waals surface area (Å²) in [4.78, 5) is 7.93. The van der Waals surface area contributed by atoms with Gasteiger partial charge in [-0.3, -0.25) is 0 Å². The molecular formula is C29H45N3O2. The maximum Gasteiger partial charge on any atom is 0.163 e. The molecule has 0 spiro atoms. The number of ether oxygens (including phenoxy) is 2. The first-order valence-corrected chi connectivity index (χ1v) is 13.9. The minimum Gasteiger partial charge on any atom is -0.493 e. The van der Waals surface area contributed by atoms with Gasteiger partial charge in [-0.1, -0.05) is 0 Å². The Bertz CT molecular complexity index is 866. The molecule has 5 heteroatoms. The number of hydrogen-bond acceptors (Lipinski definition) is 5. The van der Waals surface area contributed by atoms with Gasteiger partial charge in [0, 0.05) is 55.6 Å². The van der Waals surface area contributed by atoms with E-state index in [0.29, 0.717) is 12.1 Å². The van der Waals surface area contributed by atoms with Crippen molar-refractivity contribution in [1.29, 1.82) is 0 Å². The lowest BCUT2D eigenvalue weighted by atomic mass is 9.82. The van der Waals surface area contributed by atoms with Crippen molar-refractivity contribution < 1.29 is 9.47 Å². The third-order valence-corrected chi connectivity index (χ3v) is 8.60. The summed E-state index contributed by atoms with van der Waals surface area (Å²) in [5.74, 6) is 1.82. The lowest BCUT2D eigenvalue weighted by Gasteiger charge is -2.45. The van der Waals surface area contributed by atoms with E-state index in [1.165, 1.54) is 88.8 Å². The van der Waals surface area contributed by atoms with Crippen LogP contribution in [0, 0.1) is 0 Å². The van der Waals surface area contributed by atoms with E-state index < -0.39 is 0 Å². The van der Waals surface area contributed by atoms with Crippen LogP contribution in [0.15, 0.2) is 17.7 Å². The second-order valence-corrected chi connectivity index (χ2v) is 11.0. The molecule has 3 aliphatic heterocycles. The molecule has 0 saturated carbocycles. The summed E-state index contributed by atoms with van der Waals surface area (Å²) in [7, 11) is 1.79. The van der Waals surface area contributed by atoms with Crippen LogP contribution >= 0.6 is 0 Å². The van der Waals surface area contributed by atoms with Gasteiger partial charge in [0.05, 0.1) is 13.7 Å². The smallest absolute Gasteiger partial charge is 0.163 e. The molecule has 2 saturated heterocycles. The zero-order valence-electron chi connectivity index (χ0n) is 21.8. The van der Waals surface area contributed by atoms with Gasteiger partial charge in [0.25, 0.3) is 0 Å². The number of fused-ring (bicyclic) bond motifs is 2. The first kappa shape index (κ1) is 24.0. The highest BCUT2D eigenvalue weighted by atomic mass is 16.5. The van der Waals surface area contributed by atoms with E-state index in [2.05, 4.69) is 40.7 Å². The topological polar surface area (TPSA) is 28.2 Å². The van der Waals surface area contributed by atoms with Crippen molar-refractivity contribution in [2.24, 2.45) is 0 Å². The predicted octanol–water partition coefficient (Wildman–Crippen LogP) is 5.58. The number of anilines is 1. The summed E-state index contributed by atoms with van der Waals surface area (Å²) in [6.07, 6.45) is 11.4. The average Bonchev–Trinajstić information content (AvgIpc) is 3.39.